The topological polar surface area (TPSA) is 102 Å². The molecule has 0 aromatic heterocycles. The zero-order chi connectivity index (χ0) is 26.1. The van der Waals surface area contributed by atoms with E-state index in [-0.39, 0.29) is 30.4 Å². The van der Waals surface area contributed by atoms with Gasteiger partial charge < -0.3 is 20.8 Å². The Balaban J connectivity index is 3.13. The maximum absolute atomic E-state index is 13.8. The number of amides is 2. The average molecular weight is 504 g/mol. The van der Waals surface area contributed by atoms with Gasteiger partial charge in [-0.2, -0.15) is 11.8 Å². The highest BCUT2D eigenvalue weighted by Gasteiger charge is 2.37. The first-order valence-electron chi connectivity index (χ1n) is 11.4. The summed E-state index contributed by atoms with van der Waals surface area (Å²) >= 11 is 1.59. The first kappa shape index (κ1) is 30.1. The average Bonchev–Trinajstić information content (AvgIpc) is 2.69. The molecule has 1 aromatic rings. The molecule has 1 aromatic carbocycles. The molecule has 1 rings (SSSR count). The Hall–Kier alpha value is -1.91. The van der Waals surface area contributed by atoms with E-state index in [9.17, 15) is 28.6 Å². The molecule has 0 radical (unpaired) electrons. The van der Waals surface area contributed by atoms with Crippen LogP contribution in [0.4, 0.5) is 13.6 Å². The highest BCUT2D eigenvalue weighted by Crippen LogP contribution is 2.23. The van der Waals surface area contributed by atoms with Crippen molar-refractivity contribution in [3.05, 3.63) is 35.4 Å². The molecule has 0 fully saturated rings. The number of nitrogens with zero attached hydrogens (tertiary/aromatic N) is 1. The van der Waals surface area contributed by atoms with Crippen LogP contribution >= 0.6 is 11.8 Å². The van der Waals surface area contributed by atoms with Gasteiger partial charge in [0.2, 0.25) is 5.91 Å². The Morgan fingerprint density at radius 2 is 1.71 bits per heavy atom. The molecule has 0 saturated carbocycles. The Bertz CT molecular complexity index is 785. The van der Waals surface area contributed by atoms with E-state index < -0.39 is 41.5 Å². The van der Waals surface area contributed by atoms with Gasteiger partial charge in [0, 0.05) is 24.7 Å². The van der Waals surface area contributed by atoms with Crippen molar-refractivity contribution in [2.24, 2.45) is 5.92 Å². The van der Waals surface area contributed by atoms with Crippen molar-refractivity contribution >= 4 is 23.8 Å². The molecule has 0 spiro atoms. The summed E-state index contributed by atoms with van der Waals surface area (Å²) in [7, 11) is 0. The molecule has 0 aliphatic heterocycles. The fraction of sp³-hybridized carbons (Fsp3) is 0.667. The summed E-state index contributed by atoms with van der Waals surface area (Å²) < 4.78 is 27.5. The Labute approximate surface area is 205 Å². The smallest absolute Gasteiger partial charge is 0.408 e. The monoisotopic (exact) mass is 503 g/mol. The van der Waals surface area contributed by atoms with Crippen LogP contribution in [0.15, 0.2) is 18.2 Å². The van der Waals surface area contributed by atoms with Crippen LogP contribution in [0.2, 0.25) is 0 Å². The van der Waals surface area contributed by atoms with Crippen LogP contribution in [-0.2, 0) is 11.2 Å². The normalized spacial score (nSPS) is 14.5. The van der Waals surface area contributed by atoms with Crippen molar-refractivity contribution in [1.29, 1.82) is 0 Å². The molecule has 7 nitrogen and oxygen atoms in total. The Morgan fingerprint density at radius 1 is 1.12 bits per heavy atom. The van der Waals surface area contributed by atoms with Gasteiger partial charge in [-0.15, -0.1) is 0 Å². The van der Waals surface area contributed by atoms with Crippen LogP contribution < -0.4 is 10.6 Å². The largest absolute Gasteiger partial charge is 0.465 e. The minimum atomic E-state index is -1.26. The molecule has 4 N–H and O–H groups in total. The second kappa shape index (κ2) is 13.8. The molecule has 0 heterocycles. The van der Waals surface area contributed by atoms with Crippen molar-refractivity contribution in [2.45, 2.75) is 71.2 Å². The maximum Gasteiger partial charge on any atom is 0.408 e. The molecule has 10 heteroatoms. The molecule has 0 aliphatic carbocycles. The van der Waals surface area contributed by atoms with Gasteiger partial charge >= 0.3 is 6.09 Å². The summed E-state index contributed by atoms with van der Waals surface area (Å²) in [6, 6.07) is 1.41. The minimum absolute atomic E-state index is 0.0729. The molecule has 0 unspecified atom stereocenters. The lowest BCUT2D eigenvalue weighted by molar-refractivity contribution is -0.123. The van der Waals surface area contributed by atoms with E-state index in [1.54, 1.807) is 32.5 Å². The van der Waals surface area contributed by atoms with Crippen molar-refractivity contribution in [1.82, 2.24) is 15.5 Å². The lowest BCUT2D eigenvalue weighted by atomic mass is 9.94. The number of rotatable bonds is 13. The number of carbonyl (C=O) groups is 2. The third-order valence-electron chi connectivity index (χ3n) is 5.26. The molecule has 2 amide bonds. The zero-order valence-corrected chi connectivity index (χ0v) is 21.7. The zero-order valence-electron chi connectivity index (χ0n) is 20.9. The summed E-state index contributed by atoms with van der Waals surface area (Å²) in [6.07, 6.45) is -0.145. The van der Waals surface area contributed by atoms with Crippen molar-refractivity contribution in [3.63, 3.8) is 0 Å². The minimum Gasteiger partial charge on any atom is -0.465 e. The fourth-order valence-corrected chi connectivity index (χ4v) is 4.16. The van der Waals surface area contributed by atoms with Crippen LogP contribution in [0, 0.1) is 17.6 Å². The number of aliphatic hydroxyl groups excluding tert-OH is 1. The highest BCUT2D eigenvalue weighted by molar-refractivity contribution is 7.98. The molecule has 0 saturated heterocycles. The van der Waals surface area contributed by atoms with Crippen molar-refractivity contribution in [3.8, 4) is 0 Å². The van der Waals surface area contributed by atoms with E-state index in [0.717, 1.165) is 28.9 Å². The number of thioether (sulfide) groups is 1. The van der Waals surface area contributed by atoms with Gasteiger partial charge in [0.05, 0.1) is 18.2 Å². The van der Waals surface area contributed by atoms with Crippen LogP contribution in [0.3, 0.4) is 0 Å². The summed E-state index contributed by atoms with van der Waals surface area (Å²) in [5, 5.41) is 26.9. The number of hydrogen-bond acceptors (Lipinski definition) is 5. The molecule has 194 valence electrons. The molecular formula is C24H39F2N3O4S. The number of carbonyl (C=O) groups excluding carboxylic acids is 1. The Kier molecular flexibility index (Phi) is 12.3. The maximum atomic E-state index is 13.8. The van der Waals surface area contributed by atoms with Gasteiger partial charge in [0.1, 0.15) is 11.6 Å². The summed E-state index contributed by atoms with van der Waals surface area (Å²) in [6.45, 7) is 9.46. The molecule has 3 atom stereocenters. The third kappa shape index (κ3) is 10.1. The predicted molar refractivity (Wildman–Crippen MR) is 132 cm³/mol. The van der Waals surface area contributed by atoms with E-state index in [1.807, 2.05) is 20.1 Å². The second-order valence-corrected chi connectivity index (χ2v) is 10.8. The van der Waals surface area contributed by atoms with E-state index in [2.05, 4.69) is 10.6 Å². The number of aliphatic hydroxyl groups is 1. The molecule has 0 aliphatic rings. The van der Waals surface area contributed by atoms with Crippen LogP contribution in [0.25, 0.3) is 0 Å². The van der Waals surface area contributed by atoms with Crippen molar-refractivity contribution in [2.75, 3.05) is 25.1 Å². The quantitative estimate of drug-likeness (QED) is 0.329. The lowest BCUT2D eigenvalue weighted by Crippen LogP contribution is -2.59. The summed E-state index contributed by atoms with van der Waals surface area (Å²) in [5.41, 5.74) is -0.665. The predicted octanol–water partition coefficient (Wildman–Crippen LogP) is 3.50. The summed E-state index contributed by atoms with van der Waals surface area (Å²) in [4.78, 5) is 25.9. The van der Waals surface area contributed by atoms with E-state index >= 15 is 0 Å². The fourth-order valence-electron chi connectivity index (χ4n) is 3.68. The van der Waals surface area contributed by atoms with Crippen molar-refractivity contribution < 1.29 is 28.6 Å². The first-order valence-corrected chi connectivity index (χ1v) is 12.8. The van der Waals surface area contributed by atoms with Gasteiger partial charge in [-0.1, -0.05) is 13.8 Å². The lowest BCUT2D eigenvalue weighted by Gasteiger charge is -2.42. The van der Waals surface area contributed by atoms with Crippen LogP contribution in [0.5, 0.6) is 0 Å². The van der Waals surface area contributed by atoms with E-state index in [0.29, 0.717) is 13.0 Å². The second-order valence-electron chi connectivity index (χ2n) is 9.82. The highest BCUT2D eigenvalue weighted by atomic mass is 32.2. The number of benzene rings is 1. The van der Waals surface area contributed by atoms with Gasteiger partial charge in [-0.3, -0.25) is 9.69 Å². The van der Waals surface area contributed by atoms with E-state index in [1.165, 1.54) is 0 Å². The number of nitrogens with one attached hydrogen (secondary N) is 2. The first-order chi connectivity index (χ1) is 15.8. The number of carboxylic acid groups (broad SMARTS) is 1. The Morgan fingerprint density at radius 3 is 2.18 bits per heavy atom. The van der Waals surface area contributed by atoms with Crippen LogP contribution in [0.1, 0.15) is 46.6 Å². The number of hydrogen-bond donors (Lipinski definition) is 4. The van der Waals surface area contributed by atoms with E-state index in [4.69, 9.17) is 0 Å². The van der Waals surface area contributed by atoms with Gasteiger partial charge in [-0.25, -0.2) is 13.6 Å². The van der Waals surface area contributed by atoms with Gasteiger partial charge in [0.25, 0.3) is 0 Å². The molecule has 34 heavy (non-hydrogen) atoms. The van der Waals surface area contributed by atoms with Crippen LogP contribution in [-0.4, -0.2) is 75.9 Å². The third-order valence-corrected chi connectivity index (χ3v) is 5.90. The SMILES string of the molecule is CSCC[C@H](NC[C@@H](O)[C@H](Cc1cc(F)cc(F)c1)N(C(=O)O)C(C)(C)C)C(=O)NCC(C)C. The molecular weight excluding hydrogens is 464 g/mol. The summed E-state index contributed by atoms with van der Waals surface area (Å²) in [5.74, 6) is -0.749. The standard InChI is InChI=1S/C24H39F2N3O4S/c1-15(2)13-28-22(31)19(7-8-34-6)27-14-21(30)20(29(23(32)33)24(3,4)5)11-16-9-17(25)12-18(26)10-16/h9-10,12,15,19-21,27,30H,7-8,11,13-14H2,1-6H3,(H,28,31)(H,32,33)/t19-,20-,21+/m0/s1. The number of halogens is 2. The molecule has 0 bridgehead atoms. The van der Waals surface area contributed by atoms with Gasteiger partial charge in [0.15, 0.2) is 0 Å². The van der Waals surface area contributed by atoms with Gasteiger partial charge in [-0.05, 0) is 69.2 Å².